The number of benzene rings is 1. The molecule has 2 aliphatic heterocycles. The lowest BCUT2D eigenvalue weighted by Gasteiger charge is -2.38. The summed E-state index contributed by atoms with van der Waals surface area (Å²) in [5.74, 6) is -6.41. The minimum Gasteiger partial charge on any atom is -0.491 e. The Kier molecular flexibility index (Phi) is 14.8. The Balaban J connectivity index is 1.50. The van der Waals surface area contributed by atoms with Gasteiger partial charge in [-0.1, -0.05) is 0 Å². The molecule has 22 heteroatoms. The van der Waals surface area contributed by atoms with Crippen LogP contribution in [0.15, 0.2) is 30.4 Å². The Morgan fingerprint density at radius 2 is 1.69 bits per heavy atom. The van der Waals surface area contributed by atoms with Crippen molar-refractivity contribution in [3.05, 3.63) is 35.9 Å². The fraction of sp³-hybridized carbons (Fsp3) is 0.517. The maximum absolute atomic E-state index is 12.6. The van der Waals surface area contributed by atoms with Gasteiger partial charge in [0.1, 0.15) is 54.8 Å². The summed E-state index contributed by atoms with van der Waals surface area (Å²) in [6.07, 6.45) is -7.67. The van der Waals surface area contributed by atoms with Crippen LogP contribution in [0.5, 0.6) is 11.5 Å². The minimum absolute atomic E-state index is 0.0291. The summed E-state index contributed by atoms with van der Waals surface area (Å²) in [6.45, 7) is 0.113. The Labute approximate surface area is 289 Å². The SMILES string of the molecule is CC(=O)OCc1ccc(O[C@@H]2O[C@H](C(=O)O)[C@@H](O)[C@H](O)[C@H]2O)cc1OCCOCCNC(=O)C(CS(=O)(=O)O)NC(=O)CCN1C(=O)C=CC1=O. The smallest absolute Gasteiger partial charge is 0.335 e. The van der Waals surface area contributed by atoms with Crippen LogP contribution in [0.2, 0.25) is 0 Å². The van der Waals surface area contributed by atoms with Crippen LogP contribution >= 0.6 is 0 Å². The molecule has 7 N–H and O–H groups in total. The van der Waals surface area contributed by atoms with Crippen molar-refractivity contribution in [1.82, 2.24) is 15.5 Å². The van der Waals surface area contributed by atoms with Gasteiger partial charge >= 0.3 is 11.9 Å². The predicted octanol–water partition coefficient (Wildman–Crippen LogP) is -3.78. The van der Waals surface area contributed by atoms with E-state index in [2.05, 4.69) is 10.6 Å². The molecule has 1 saturated heterocycles. The first kappa shape index (κ1) is 40.7. The van der Waals surface area contributed by atoms with E-state index in [9.17, 15) is 62.2 Å². The summed E-state index contributed by atoms with van der Waals surface area (Å²) in [5.41, 5.74) is 0.357. The van der Waals surface area contributed by atoms with E-state index in [1.807, 2.05) is 0 Å². The number of carboxylic acids is 1. The number of carboxylic acid groups (broad SMARTS) is 1. The molecule has 0 aliphatic carbocycles. The number of esters is 1. The molecule has 0 bridgehead atoms. The van der Waals surface area contributed by atoms with Crippen molar-refractivity contribution in [3.63, 3.8) is 0 Å². The van der Waals surface area contributed by atoms with Gasteiger partial charge in [0.15, 0.2) is 6.10 Å². The van der Waals surface area contributed by atoms with Gasteiger partial charge in [0, 0.05) is 50.2 Å². The van der Waals surface area contributed by atoms with Gasteiger partial charge < -0.3 is 54.7 Å². The van der Waals surface area contributed by atoms with Crippen molar-refractivity contribution in [1.29, 1.82) is 0 Å². The average molecular weight is 748 g/mol. The number of nitrogens with one attached hydrogen (secondary N) is 2. The highest BCUT2D eigenvalue weighted by atomic mass is 32.2. The van der Waals surface area contributed by atoms with Crippen molar-refractivity contribution in [3.8, 4) is 11.5 Å². The zero-order valence-corrected chi connectivity index (χ0v) is 27.7. The number of carbonyl (C=O) groups excluding carboxylic acids is 5. The Morgan fingerprint density at radius 3 is 2.31 bits per heavy atom. The zero-order chi connectivity index (χ0) is 37.9. The fourth-order valence-corrected chi connectivity index (χ4v) is 5.19. The zero-order valence-electron chi connectivity index (χ0n) is 26.9. The molecule has 2 aliphatic rings. The highest BCUT2D eigenvalue weighted by Crippen LogP contribution is 2.29. The molecule has 3 rings (SSSR count). The van der Waals surface area contributed by atoms with E-state index in [0.717, 1.165) is 17.1 Å². The number of amides is 4. The predicted molar refractivity (Wildman–Crippen MR) is 165 cm³/mol. The second-order valence-corrected chi connectivity index (χ2v) is 12.4. The molecule has 21 nitrogen and oxygen atoms in total. The minimum atomic E-state index is -4.72. The second-order valence-electron chi connectivity index (χ2n) is 10.9. The number of nitrogens with zero attached hydrogens (tertiary/aromatic N) is 1. The largest absolute Gasteiger partial charge is 0.491 e. The summed E-state index contributed by atoms with van der Waals surface area (Å²) >= 11 is 0. The number of carbonyl (C=O) groups is 6. The topological polar surface area (TPSA) is 311 Å². The van der Waals surface area contributed by atoms with Crippen LogP contribution in [0, 0.1) is 0 Å². The van der Waals surface area contributed by atoms with Crippen molar-refractivity contribution in [2.75, 3.05) is 38.7 Å². The Morgan fingerprint density at radius 1 is 1.00 bits per heavy atom. The lowest BCUT2D eigenvalue weighted by Crippen LogP contribution is -2.61. The third-order valence-corrected chi connectivity index (χ3v) is 7.81. The van der Waals surface area contributed by atoms with Gasteiger partial charge in [-0.15, -0.1) is 0 Å². The molecule has 0 saturated carbocycles. The molecule has 0 radical (unpaired) electrons. The molecular weight excluding hydrogens is 710 g/mol. The summed E-state index contributed by atoms with van der Waals surface area (Å²) in [7, 11) is -4.72. The molecule has 6 atom stereocenters. The van der Waals surface area contributed by atoms with Gasteiger partial charge in [-0.3, -0.25) is 33.4 Å². The van der Waals surface area contributed by atoms with Crippen LogP contribution < -0.4 is 20.1 Å². The molecule has 0 aromatic heterocycles. The van der Waals surface area contributed by atoms with Gasteiger partial charge in [-0.25, -0.2) is 4.79 Å². The fourth-order valence-electron chi connectivity index (χ4n) is 4.53. The quantitative estimate of drug-likeness (QED) is 0.0309. The van der Waals surface area contributed by atoms with Crippen LogP contribution in [-0.4, -0.2) is 149 Å². The van der Waals surface area contributed by atoms with Gasteiger partial charge in [0.05, 0.1) is 13.2 Å². The summed E-state index contributed by atoms with van der Waals surface area (Å²) in [5, 5.41) is 43.9. The summed E-state index contributed by atoms with van der Waals surface area (Å²) in [6, 6.07) is 2.37. The highest BCUT2D eigenvalue weighted by Gasteiger charge is 2.48. The highest BCUT2D eigenvalue weighted by molar-refractivity contribution is 7.85. The van der Waals surface area contributed by atoms with E-state index >= 15 is 0 Å². The van der Waals surface area contributed by atoms with Crippen LogP contribution in [0.25, 0.3) is 0 Å². The number of imide groups is 1. The molecule has 1 unspecified atom stereocenters. The van der Waals surface area contributed by atoms with Gasteiger partial charge in [0.25, 0.3) is 21.9 Å². The van der Waals surface area contributed by atoms with Crippen molar-refractivity contribution >= 4 is 45.7 Å². The number of aliphatic hydroxyl groups is 3. The first-order valence-electron chi connectivity index (χ1n) is 15.1. The standard InChI is InChI=1S/C29H37N3O18S/c1-15(33)48-13-16-2-3-17(49-29-25(39)23(37)24(38)26(50-29)28(41)42)12-19(16)47-11-10-46-9-7-30-27(40)18(14-51(43,44)45)31-20(34)6-8-32-21(35)4-5-22(32)36/h2-5,12,18,23-26,29,37-39H,6-11,13-14H2,1H3,(H,30,40)(H,31,34)(H,41,42)(H,43,44,45)/t18?,23-,24-,25+,26-,29+/m0/s1. The van der Waals surface area contributed by atoms with E-state index in [4.69, 9.17) is 23.7 Å². The van der Waals surface area contributed by atoms with E-state index in [1.165, 1.54) is 25.1 Å². The first-order valence-corrected chi connectivity index (χ1v) is 16.7. The van der Waals surface area contributed by atoms with Crippen LogP contribution in [0.4, 0.5) is 0 Å². The van der Waals surface area contributed by atoms with E-state index in [0.29, 0.717) is 5.56 Å². The average Bonchev–Trinajstić information content (AvgIpc) is 3.37. The van der Waals surface area contributed by atoms with Gasteiger partial charge in [0.2, 0.25) is 18.1 Å². The molecule has 1 aromatic carbocycles. The van der Waals surface area contributed by atoms with E-state index in [-0.39, 0.29) is 51.0 Å². The molecule has 1 fully saturated rings. The van der Waals surface area contributed by atoms with Crippen molar-refractivity contribution < 1.29 is 85.8 Å². The first-order chi connectivity index (χ1) is 24.0. The molecule has 4 amide bonds. The van der Waals surface area contributed by atoms with E-state index < -0.39 is 94.6 Å². The molecular formula is C29H37N3O18S. The molecule has 51 heavy (non-hydrogen) atoms. The van der Waals surface area contributed by atoms with Crippen molar-refractivity contribution in [2.24, 2.45) is 0 Å². The lowest BCUT2D eigenvalue weighted by molar-refractivity contribution is -0.271. The second kappa shape index (κ2) is 18.5. The molecule has 0 spiro atoms. The van der Waals surface area contributed by atoms with Crippen molar-refractivity contribution in [2.45, 2.75) is 56.7 Å². The molecule has 1 aromatic rings. The number of hydrogen-bond donors (Lipinski definition) is 7. The number of aliphatic hydroxyl groups excluding tert-OH is 3. The number of ether oxygens (including phenoxy) is 5. The molecule has 2 heterocycles. The Bertz CT molecular complexity index is 1580. The third-order valence-electron chi connectivity index (χ3n) is 7.06. The monoisotopic (exact) mass is 747 g/mol. The van der Waals surface area contributed by atoms with Gasteiger partial charge in [-0.2, -0.15) is 8.42 Å². The van der Waals surface area contributed by atoms with Gasteiger partial charge in [-0.05, 0) is 12.1 Å². The number of rotatable bonds is 19. The van der Waals surface area contributed by atoms with Crippen LogP contribution in [-0.2, 0) is 59.7 Å². The molecule has 282 valence electrons. The summed E-state index contributed by atoms with van der Waals surface area (Å²) < 4.78 is 58.8. The lowest BCUT2D eigenvalue weighted by atomic mass is 9.99. The number of aliphatic carboxylic acids is 1. The van der Waals surface area contributed by atoms with E-state index in [1.54, 1.807) is 0 Å². The van der Waals surface area contributed by atoms with Crippen LogP contribution in [0.3, 0.4) is 0 Å². The Hall–Kier alpha value is -4.71. The maximum atomic E-state index is 12.6. The third kappa shape index (κ3) is 12.5. The normalized spacial score (nSPS) is 22.3. The summed E-state index contributed by atoms with van der Waals surface area (Å²) in [4.78, 5) is 71.7. The maximum Gasteiger partial charge on any atom is 0.335 e. The number of hydrogen-bond acceptors (Lipinski definition) is 16. The van der Waals surface area contributed by atoms with Crippen LogP contribution in [0.1, 0.15) is 18.9 Å².